The van der Waals surface area contributed by atoms with Crippen LogP contribution in [-0.2, 0) is 11.8 Å². The van der Waals surface area contributed by atoms with Gasteiger partial charge in [0.15, 0.2) is 0 Å². The van der Waals surface area contributed by atoms with E-state index in [0.717, 1.165) is 6.42 Å². The van der Waals surface area contributed by atoms with E-state index in [1.807, 2.05) is 0 Å². The Kier molecular flexibility index (Phi) is 3.32. The van der Waals surface area contributed by atoms with Crippen LogP contribution < -0.4 is 0 Å². The van der Waals surface area contributed by atoms with Crippen molar-refractivity contribution in [2.24, 2.45) is 0 Å². The third-order valence-corrected chi connectivity index (χ3v) is 5.86. The summed E-state index contributed by atoms with van der Waals surface area (Å²) in [4.78, 5) is 5.17. The molecule has 122 valence electrons. The SMILES string of the molecule is Cc1ccc2cc3c(nc2c1C)CC(C)(C)c1ccccc1C3C. The average molecular weight is 315 g/mol. The second-order valence-electron chi connectivity index (χ2n) is 7.97. The summed E-state index contributed by atoms with van der Waals surface area (Å²) in [6, 6.07) is 15.7. The van der Waals surface area contributed by atoms with Crippen molar-refractivity contribution < 1.29 is 0 Å². The van der Waals surface area contributed by atoms with Gasteiger partial charge in [-0.1, -0.05) is 57.2 Å². The monoisotopic (exact) mass is 315 g/mol. The second kappa shape index (κ2) is 5.17. The molecule has 0 saturated heterocycles. The molecule has 1 aliphatic rings. The molecule has 0 saturated carbocycles. The maximum absolute atomic E-state index is 5.17. The first-order chi connectivity index (χ1) is 11.4. The molecule has 4 rings (SSSR count). The molecule has 2 aromatic carbocycles. The molecule has 0 radical (unpaired) electrons. The number of hydrogen-bond donors (Lipinski definition) is 0. The van der Waals surface area contributed by atoms with E-state index < -0.39 is 0 Å². The Morgan fingerprint density at radius 3 is 2.54 bits per heavy atom. The van der Waals surface area contributed by atoms with E-state index in [2.05, 4.69) is 77.1 Å². The largest absolute Gasteiger partial charge is 0.252 e. The van der Waals surface area contributed by atoms with E-state index in [9.17, 15) is 0 Å². The molecule has 0 N–H and O–H groups in total. The second-order valence-corrected chi connectivity index (χ2v) is 7.97. The van der Waals surface area contributed by atoms with Gasteiger partial charge in [-0.15, -0.1) is 0 Å². The lowest BCUT2D eigenvalue weighted by atomic mass is 9.79. The van der Waals surface area contributed by atoms with Crippen LogP contribution in [0.4, 0.5) is 0 Å². The van der Waals surface area contributed by atoms with E-state index in [4.69, 9.17) is 4.98 Å². The van der Waals surface area contributed by atoms with E-state index in [0.29, 0.717) is 5.92 Å². The fourth-order valence-corrected chi connectivity index (χ4v) is 4.23. The Morgan fingerprint density at radius 1 is 1.00 bits per heavy atom. The summed E-state index contributed by atoms with van der Waals surface area (Å²) in [5.41, 5.74) is 9.48. The fraction of sp³-hybridized carbons (Fsp3) is 0.348. The van der Waals surface area contributed by atoms with Gasteiger partial charge in [0.05, 0.1) is 5.52 Å². The highest BCUT2D eigenvalue weighted by Crippen LogP contribution is 2.42. The Labute approximate surface area is 144 Å². The highest BCUT2D eigenvalue weighted by atomic mass is 14.7. The number of aryl methyl sites for hydroxylation is 2. The normalized spacial score (nSPS) is 18.8. The predicted octanol–water partition coefficient (Wildman–Crippen LogP) is 5.84. The van der Waals surface area contributed by atoms with Crippen molar-refractivity contribution in [1.82, 2.24) is 4.98 Å². The third-order valence-electron chi connectivity index (χ3n) is 5.86. The molecule has 1 unspecified atom stereocenters. The Bertz CT molecular complexity index is 950. The van der Waals surface area contributed by atoms with Crippen LogP contribution in [0.25, 0.3) is 10.9 Å². The molecule has 0 fully saturated rings. The first kappa shape index (κ1) is 15.4. The van der Waals surface area contributed by atoms with E-state index in [-0.39, 0.29) is 5.41 Å². The van der Waals surface area contributed by atoms with Gasteiger partial charge in [-0.3, -0.25) is 4.98 Å². The Hall–Kier alpha value is -2.15. The molecule has 1 aliphatic carbocycles. The van der Waals surface area contributed by atoms with Gasteiger partial charge in [0, 0.05) is 17.0 Å². The molecule has 0 aliphatic heterocycles. The van der Waals surface area contributed by atoms with Crippen molar-refractivity contribution in [3.05, 3.63) is 76.0 Å². The van der Waals surface area contributed by atoms with Crippen LogP contribution >= 0.6 is 0 Å². The van der Waals surface area contributed by atoms with Crippen molar-refractivity contribution in [3.63, 3.8) is 0 Å². The number of nitrogens with zero attached hydrogens (tertiary/aromatic N) is 1. The van der Waals surface area contributed by atoms with Crippen LogP contribution in [-0.4, -0.2) is 4.98 Å². The average Bonchev–Trinajstić information content (AvgIpc) is 2.64. The third kappa shape index (κ3) is 2.18. The lowest BCUT2D eigenvalue weighted by Crippen LogP contribution is -2.21. The lowest BCUT2D eigenvalue weighted by molar-refractivity contribution is 0.517. The van der Waals surface area contributed by atoms with Crippen LogP contribution in [0.2, 0.25) is 0 Å². The summed E-state index contributed by atoms with van der Waals surface area (Å²) in [6.45, 7) is 11.4. The molecule has 0 bridgehead atoms. The van der Waals surface area contributed by atoms with Crippen molar-refractivity contribution in [3.8, 4) is 0 Å². The van der Waals surface area contributed by atoms with Gasteiger partial charge in [0.2, 0.25) is 0 Å². The zero-order valence-corrected chi connectivity index (χ0v) is 15.3. The smallest absolute Gasteiger partial charge is 0.0737 e. The summed E-state index contributed by atoms with van der Waals surface area (Å²) < 4.78 is 0. The van der Waals surface area contributed by atoms with Crippen molar-refractivity contribution in [2.45, 2.75) is 52.4 Å². The molecule has 1 nitrogen and oxygen atoms in total. The van der Waals surface area contributed by atoms with Crippen LogP contribution in [0.15, 0.2) is 42.5 Å². The summed E-state index contributed by atoms with van der Waals surface area (Å²) >= 11 is 0. The van der Waals surface area contributed by atoms with Crippen LogP contribution in [0.5, 0.6) is 0 Å². The number of benzene rings is 2. The summed E-state index contributed by atoms with van der Waals surface area (Å²) in [5, 5.41) is 1.26. The van der Waals surface area contributed by atoms with Gasteiger partial charge in [-0.2, -0.15) is 0 Å². The first-order valence-corrected chi connectivity index (χ1v) is 8.87. The molecule has 0 spiro atoms. The standard InChI is InChI=1S/C23H25N/c1-14-10-11-17-12-19-16(3)18-8-6-7-9-20(18)23(4,5)13-21(19)24-22(17)15(14)2/h6-12,16H,13H2,1-5H3. The molecule has 1 heterocycles. The molecule has 0 amide bonds. The van der Waals surface area contributed by atoms with Crippen molar-refractivity contribution >= 4 is 10.9 Å². The maximum atomic E-state index is 5.17. The fourth-order valence-electron chi connectivity index (χ4n) is 4.23. The lowest BCUT2D eigenvalue weighted by Gasteiger charge is -2.26. The number of fused-ring (bicyclic) bond motifs is 3. The maximum Gasteiger partial charge on any atom is 0.0737 e. The minimum absolute atomic E-state index is 0.106. The van der Waals surface area contributed by atoms with E-state index in [1.54, 1.807) is 0 Å². The highest BCUT2D eigenvalue weighted by Gasteiger charge is 2.32. The van der Waals surface area contributed by atoms with E-state index in [1.165, 1.54) is 44.4 Å². The Balaban J connectivity index is 2.03. The highest BCUT2D eigenvalue weighted by molar-refractivity contribution is 5.84. The van der Waals surface area contributed by atoms with Gasteiger partial charge < -0.3 is 0 Å². The molecular weight excluding hydrogens is 290 g/mol. The van der Waals surface area contributed by atoms with Gasteiger partial charge in [0.25, 0.3) is 0 Å². The summed E-state index contributed by atoms with van der Waals surface area (Å²) in [7, 11) is 0. The summed E-state index contributed by atoms with van der Waals surface area (Å²) in [5.74, 6) is 0.386. The molecule has 24 heavy (non-hydrogen) atoms. The van der Waals surface area contributed by atoms with Crippen molar-refractivity contribution in [2.75, 3.05) is 0 Å². The minimum Gasteiger partial charge on any atom is -0.252 e. The zero-order chi connectivity index (χ0) is 17.1. The minimum atomic E-state index is 0.106. The summed E-state index contributed by atoms with van der Waals surface area (Å²) in [6.07, 6.45) is 0.993. The molecular formula is C23H25N. The van der Waals surface area contributed by atoms with E-state index >= 15 is 0 Å². The molecule has 1 heteroatoms. The molecule has 3 aromatic rings. The van der Waals surface area contributed by atoms with Gasteiger partial charge in [-0.05, 0) is 59.6 Å². The predicted molar refractivity (Wildman–Crippen MR) is 102 cm³/mol. The van der Waals surface area contributed by atoms with Gasteiger partial charge in [0.1, 0.15) is 0 Å². The van der Waals surface area contributed by atoms with Crippen LogP contribution in [0.1, 0.15) is 60.2 Å². The van der Waals surface area contributed by atoms with Crippen molar-refractivity contribution in [1.29, 1.82) is 0 Å². The van der Waals surface area contributed by atoms with Crippen LogP contribution in [0.3, 0.4) is 0 Å². The topological polar surface area (TPSA) is 12.9 Å². The first-order valence-electron chi connectivity index (χ1n) is 8.87. The van der Waals surface area contributed by atoms with Gasteiger partial charge in [-0.25, -0.2) is 0 Å². The Morgan fingerprint density at radius 2 is 1.75 bits per heavy atom. The number of rotatable bonds is 0. The zero-order valence-electron chi connectivity index (χ0n) is 15.3. The number of aromatic nitrogens is 1. The van der Waals surface area contributed by atoms with Crippen LogP contribution in [0, 0.1) is 13.8 Å². The quantitative estimate of drug-likeness (QED) is 0.508. The number of hydrogen-bond acceptors (Lipinski definition) is 1. The molecule has 1 atom stereocenters. The van der Waals surface area contributed by atoms with Gasteiger partial charge >= 0.3 is 0 Å². The number of pyridine rings is 1. The molecule has 1 aromatic heterocycles.